The summed E-state index contributed by atoms with van der Waals surface area (Å²) in [4.78, 5) is 12.0. The van der Waals surface area contributed by atoms with Crippen molar-refractivity contribution >= 4 is 5.78 Å². The van der Waals surface area contributed by atoms with Crippen molar-refractivity contribution in [3.63, 3.8) is 0 Å². The van der Waals surface area contributed by atoms with E-state index in [1.807, 2.05) is 0 Å². The minimum absolute atomic E-state index is 0.0926. The van der Waals surface area contributed by atoms with E-state index in [-0.39, 0.29) is 17.5 Å². The largest absolute Gasteiger partial charge is 0.294 e. The first kappa shape index (κ1) is 13.3. The standard InChI is InChI=1S/C15H11F3O/c1-9-2-4-11(16)7-13(9)15(19)6-10-3-5-12(17)8-14(10)18/h2-5,7-8H,6H2,1H3. The van der Waals surface area contributed by atoms with E-state index in [0.29, 0.717) is 5.56 Å². The molecule has 98 valence electrons. The molecule has 0 aliphatic carbocycles. The highest BCUT2D eigenvalue weighted by Gasteiger charge is 2.14. The normalized spacial score (nSPS) is 10.5. The summed E-state index contributed by atoms with van der Waals surface area (Å²) in [5, 5.41) is 0. The van der Waals surface area contributed by atoms with Crippen molar-refractivity contribution < 1.29 is 18.0 Å². The first-order valence-corrected chi connectivity index (χ1v) is 5.70. The van der Waals surface area contributed by atoms with Gasteiger partial charge in [0, 0.05) is 18.1 Å². The Hall–Kier alpha value is -2.10. The van der Waals surface area contributed by atoms with Gasteiger partial charge in [-0.25, -0.2) is 13.2 Å². The van der Waals surface area contributed by atoms with Gasteiger partial charge in [-0.1, -0.05) is 12.1 Å². The van der Waals surface area contributed by atoms with Gasteiger partial charge in [-0.3, -0.25) is 4.79 Å². The van der Waals surface area contributed by atoms with Gasteiger partial charge in [0.05, 0.1) is 0 Å². The maximum absolute atomic E-state index is 13.4. The number of rotatable bonds is 3. The van der Waals surface area contributed by atoms with Crippen molar-refractivity contribution in [2.75, 3.05) is 0 Å². The molecule has 0 radical (unpaired) electrons. The number of halogens is 3. The Balaban J connectivity index is 2.28. The number of carbonyl (C=O) groups excluding carboxylic acids is 1. The highest BCUT2D eigenvalue weighted by atomic mass is 19.1. The van der Waals surface area contributed by atoms with Gasteiger partial charge in [-0.05, 0) is 36.2 Å². The number of benzene rings is 2. The lowest BCUT2D eigenvalue weighted by Crippen LogP contribution is -2.07. The molecule has 1 nitrogen and oxygen atoms in total. The van der Waals surface area contributed by atoms with Crippen LogP contribution in [-0.4, -0.2) is 5.78 Å². The Morgan fingerprint density at radius 2 is 1.63 bits per heavy atom. The molecule has 0 saturated carbocycles. The van der Waals surface area contributed by atoms with Crippen LogP contribution in [-0.2, 0) is 6.42 Å². The smallest absolute Gasteiger partial charge is 0.167 e. The summed E-state index contributed by atoms with van der Waals surface area (Å²) in [5.41, 5.74) is 0.924. The van der Waals surface area contributed by atoms with Gasteiger partial charge in [0.2, 0.25) is 0 Å². The number of aryl methyl sites for hydroxylation is 1. The zero-order valence-electron chi connectivity index (χ0n) is 10.2. The summed E-state index contributed by atoms with van der Waals surface area (Å²) in [7, 11) is 0. The van der Waals surface area contributed by atoms with E-state index in [1.165, 1.54) is 18.2 Å². The van der Waals surface area contributed by atoms with E-state index in [2.05, 4.69) is 0 Å². The molecule has 0 heterocycles. The summed E-state index contributed by atoms with van der Waals surface area (Å²) >= 11 is 0. The van der Waals surface area contributed by atoms with E-state index < -0.39 is 23.2 Å². The highest BCUT2D eigenvalue weighted by molar-refractivity contribution is 5.98. The summed E-state index contributed by atoms with van der Waals surface area (Å²) in [6, 6.07) is 6.90. The summed E-state index contributed by atoms with van der Waals surface area (Å²) in [6.45, 7) is 1.67. The first-order chi connectivity index (χ1) is 8.97. The number of carbonyl (C=O) groups is 1. The molecule has 0 bridgehead atoms. The van der Waals surface area contributed by atoms with Crippen molar-refractivity contribution in [1.82, 2.24) is 0 Å². The van der Waals surface area contributed by atoms with E-state index in [0.717, 1.165) is 18.2 Å². The zero-order chi connectivity index (χ0) is 14.0. The van der Waals surface area contributed by atoms with Crippen LogP contribution >= 0.6 is 0 Å². The molecular weight excluding hydrogens is 253 g/mol. The molecule has 0 spiro atoms. The quantitative estimate of drug-likeness (QED) is 0.770. The van der Waals surface area contributed by atoms with Gasteiger partial charge in [0.1, 0.15) is 17.5 Å². The molecule has 0 N–H and O–H groups in total. The summed E-state index contributed by atoms with van der Waals surface area (Å²) in [5.74, 6) is -2.39. The molecule has 0 saturated heterocycles. The maximum atomic E-state index is 13.4. The zero-order valence-corrected chi connectivity index (χ0v) is 10.2. The lowest BCUT2D eigenvalue weighted by molar-refractivity contribution is 0.0990. The molecule has 2 aromatic rings. The minimum atomic E-state index is -0.776. The fraction of sp³-hybridized carbons (Fsp3) is 0.133. The Kier molecular flexibility index (Phi) is 3.69. The molecular formula is C15H11F3O. The van der Waals surface area contributed by atoms with Crippen LogP contribution in [0.5, 0.6) is 0 Å². The van der Waals surface area contributed by atoms with Crippen molar-refractivity contribution in [3.05, 3.63) is 70.5 Å². The van der Waals surface area contributed by atoms with Crippen molar-refractivity contribution in [1.29, 1.82) is 0 Å². The Morgan fingerprint density at radius 3 is 2.32 bits per heavy atom. The molecule has 0 unspecified atom stereocenters. The van der Waals surface area contributed by atoms with Crippen molar-refractivity contribution in [2.45, 2.75) is 13.3 Å². The van der Waals surface area contributed by atoms with Gasteiger partial charge in [0.15, 0.2) is 5.78 Å². The third-order valence-electron chi connectivity index (χ3n) is 2.87. The predicted molar refractivity (Wildman–Crippen MR) is 65.5 cm³/mol. The third kappa shape index (κ3) is 3.02. The Labute approximate surface area is 108 Å². The Bertz CT molecular complexity index is 635. The molecule has 19 heavy (non-hydrogen) atoms. The van der Waals surface area contributed by atoms with E-state index >= 15 is 0 Å². The van der Waals surface area contributed by atoms with Crippen molar-refractivity contribution in [2.24, 2.45) is 0 Å². The average molecular weight is 264 g/mol. The Morgan fingerprint density at radius 1 is 1.00 bits per heavy atom. The molecule has 0 fully saturated rings. The molecule has 0 aliphatic rings. The van der Waals surface area contributed by atoms with Crippen LogP contribution in [0.15, 0.2) is 36.4 Å². The average Bonchev–Trinajstić information content (AvgIpc) is 2.35. The van der Waals surface area contributed by atoms with E-state index in [9.17, 15) is 18.0 Å². The molecule has 0 aromatic heterocycles. The van der Waals surface area contributed by atoms with Gasteiger partial charge in [0.25, 0.3) is 0 Å². The summed E-state index contributed by atoms with van der Waals surface area (Å²) in [6.07, 6.45) is -0.226. The second-order valence-corrected chi connectivity index (χ2v) is 4.29. The summed E-state index contributed by atoms with van der Waals surface area (Å²) < 4.78 is 39.3. The highest BCUT2D eigenvalue weighted by Crippen LogP contribution is 2.16. The first-order valence-electron chi connectivity index (χ1n) is 5.70. The van der Waals surface area contributed by atoms with Crippen LogP contribution in [0, 0.1) is 24.4 Å². The molecule has 2 rings (SSSR count). The molecule has 0 atom stereocenters. The SMILES string of the molecule is Cc1ccc(F)cc1C(=O)Cc1ccc(F)cc1F. The lowest BCUT2D eigenvalue weighted by Gasteiger charge is -2.06. The van der Waals surface area contributed by atoms with Crippen LogP contribution in [0.1, 0.15) is 21.5 Å². The lowest BCUT2D eigenvalue weighted by atomic mass is 9.99. The van der Waals surface area contributed by atoms with Gasteiger partial charge in [-0.2, -0.15) is 0 Å². The van der Waals surface area contributed by atoms with Crippen LogP contribution in [0.2, 0.25) is 0 Å². The fourth-order valence-electron chi connectivity index (χ4n) is 1.83. The second kappa shape index (κ2) is 5.26. The monoisotopic (exact) mass is 264 g/mol. The maximum Gasteiger partial charge on any atom is 0.167 e. The molecule has 0 aliphatic heterocycles. The third-order valence-corrected chi connectivity index (χ3v) is 2.87. The number of hydrogen-bond donors (Lipinski definition) is 0. The fourth-order valence-corrected chi connectivity index (χ4v) is 1.83. The van der Waals surface area contributed by atoms with Gasteiger partial charge < -0.3 is 0 Å². The van der Waals surface area contributed by atoms with Crippen LogP contribution in [0.25, 0.3) is 0 Å². The van der Waals surface area contributed by atoms with Crippen LogP contribution in [0.4, 0.5) is 13.2 Å². The van der Waals surface area contributed by atoms with Crippen molar-refractivity contribution in [3.8, 4) is 0 Å². The number of ketones is 1. The van der Waals surface area contributed by atoms with Gasteiger partial charge in [-0.15, -0.1) is 0 Å². The van der Waals surface area contributed by atoms with Crippen LogP contribution < -0.4 is 0 Å². The minimum Gasteiger partial charge on any atom is -0.294 e. The second-order valence-electron chi connectivity index (χ2n) is 4.29. The topological polar surface area (TPSA) is 17.1 Å². The molecule has 4 heteroatoms. The number of Topliss-reactive ketones (excluding diaryl/α,β-unsaturated/α-hetero) is 1. The molecule has 0 amide bonds. The van der Waals surface area contributed by atoms with Crippen LogP contribution in [0.3, 0.4) is 0 Å². The van der Waals surface area contributed by atoms with E-state index in [4.69, 9.17) is 0 Å². The molecule has 2 aromatic carbocycles. The van der Waals surface area contributed by atoms with E-state index in [1.54, 1.807) is 6.92 Å². The van der Waals surface area contributed by atoms with Gasteiger partial charge >= 0.3 is 0 Å². The number of hydrogen-bond acceptors (Lipinski definition) is 1. The predicted octanol–water partition coefficient (Wildman–Crippen LogP) is 3.84.